The van der Waals surface area contributed by atoms with E-state index in [-0.39, 0.29) is 0 Å². The van der Waals surface area contributed by atoms with E-state index >= 15 is 0 Å². The molecule has 1 heterocycles. The lowest BCUT2D eigenvalue weighted by atomic mass is 9.88. The molecule has 10 aromatic carbocycles. The van der Waals surface area contributed by atoms with E-state index in [4.69, 9.17) is 9.97 Å². The van der Waals surface area contributed by atoms with Crippen LogP contribution in [-0.2, 0) is 0 Å². The van der Waals surface area contributed by atoms with Gasteiger partial charge in [0.25, 0.3) is 0 Å². The van der Waals surface area contributed by atoms with Crippen LogP contribution >= 0.6 is 0 Å². The van der Waals surface area contributed by atoms with Crippen LogP contribution in [0.5, 0.6) is 0 Å². The van der Waals surface area contributed by atoms with Crippen LogP contribution < -0.4 is 0 Å². The van der Waals surface area contributed by atoms with Gasteiger partial charge in [0.1, 0.15) is 0 Å². The zero-order valence-electron chi connectivity index (χ0n) is 32.7. The molecule has 2 nitrogen and oxygen atoms in total. The van der Waals surface area contributed by atoms with Crippen LogP contribution in [0.4, 0.5) is 0 Å². The topological polar surface area (TPSA) is 25.8 Å². The summed E-state index contributed by atoms with van der Waals surface area (Å²) in [5, 5.41) is 7.50. The third kappa shape index (κ3) is 5.65. The first-order chi connectivity index (χ1) is 29.7. The van der Waals surface area contributed by atoms with Gasteiger partial charge in [-0.2, -0.15) is 0 Å². The number of hydrogen-bond acceptors (Lipinski definition) is 2. The summed E-state index contributed by atoms with van der Waals surface area (Å²) in [6.45, 7) is 0. The fraction of sp³-hybridized carbons (Fsp3) is 0. The lowest BCUT2D eigenvalue weighted by molar-refractivity contribution is 1.18. The van der Waals surface area contributed by atoms with Crippen molar-refractivity contribution in [3.05, 3.63) is 218 Å². The maximum absolute atomic E-state index is 5.13. The van der Waals surface area contributed by atoms with Crippen molar-refractivity contribution < 1.29 is 0 Å². The van der Waals surface area contributed by atoms with Crippen LogP contribution in [0.2, 0.25) is 0 Å². The normalized spacial score (nSPS) is 11.7. The van der Waals surface area contributed by atoms with Crippen LogP contribution in [0.3, 0.4) is 0 Å². The van der Waals surface area contributed by atoms with Crippen LogP contribution in [0.25, 0.3) is 122 Å². The first-order valence-electron chi connectivity index (χ1n) is 20.6. The minimum Gasteiger partial charge on any atom is -0.228 e. The highest BCUT2D eigenvalue weighted by atomic mass is 14.9. The molecule has 1 aliphatic carbocycles. The first kappa shape index (κ1) is 34.1. The highest BCUT2D eigenvalue weighted by Gasteiger charge is 2.22. The van der Waals surface area contributed by atoms with Gasteiger partial charge in [-0.25, -0.2) is 9.97 Å². The van der Waals surface area contributed by atoms with Crippen molar-refractivity contribution in [1.82, 2.24) is 9.97 Å². The van der Waals surface area contributed by atoms with Gasteiger partial charge in [0.05, 0.1) is 11.4 Å². The monoisotopic (exact) mass is 760 g/mol. The molecule has 0 spiro atoms. The molecule has 0 unspecified atom stereocenters. The van der Waals surface area contributed by atoms with Crippen LogP contribution in [-0.4, -0.2) is 9.97 Å². The van der Waals surface area contributed by atoms with Gasteiger partial charge in [-0.05, 0) is 100 Å². The smallest absolute Gasteiger partial charge is 0.160 e. The molecule has 1 aromatic heterocycles. The highest BCUT2D eigenvalue weighted by Crippen LogP contribution is 2.49. The Bertz CT molecular complexity index is 3430. The Morgan fingerprint density at radius 3 is 1.55 bits per heavy atom. The summed E-state index contributed by atoms with van der Waals surface area (Å²) in [5.41, 5.74) is 17.4. The third-order valence-electron chi connectivity index (χ3n) is 12.3. The average Bonchev–Trinajstić information content (AvgIpc) is 3.66. The van der Waals surface area contributed by atoms with E-state index in [1.54, 1.807) is 0 Å². The SMILES string of the molecule is c1ccc(-c2nc(-c3ccc(-c4ccc5ccccc5c4-c4ccc(-c5ccc6c7c(cccc57)-c5ccccc5-6)cc4)cc3)cc(-c3ccc4ccccc4c3)n2)cc1. The Morgan fingerprint density at radius 2 is 0.767 bits per heavy atom. The Kier molecular flexibility index (Phi) is 7.89. The maximum atomic E-state index is 5.13. The Morgan fingerprint density at radius 1 is 0.250 bits per heavy atom. The van der Waals surface area contributed by atoms with Gasteiger partial charge in [0, 0.05) is 16.7 Å². The van der Waals surface area contributed by atoms with E-state index in [2.05, 4.69) is 200 Å². The predicted molar refractivity (Wildman–Crippen MR) is 252 cm³/mol. The number of rotatable bonds is 6. The van der Waals surface area contributed by atoms with Crippen molar-refractivity contribution in [2.75, 3.05) is 0 Å². The first-order valence-corrected chi connectivity index (χ1v) is 20.6. The summed E-state index contributed by atoms with van der Waals surface area (Å²) in [7, 11) is 0. The molecule has 0 fully saturated rings. The molecule has 0 N–H and O–H groups in total. The Labute approximate surface area is 348 Å². The van der Waals surface area contributed by atoms with Crippen molar-refractivity contribution in [2.45, 2.75) is 0 Å². The summed E-state index contributed by atoms with van der Waals surface area (Å²) in [5.74, 6) is 0.711. The largest absolute Gasteiger partial charge is 0.228 e. The second-order valence-corrected chi connectivity index (χ2v) is 15.7. The lowest BCUT2D eigenvalue weighted by Crippen LogP contribution is -1.96. The molecule has 0 saturated carbocycles. The second kappa shape index (κ2) is 13.9. The number of hydrogen-bond donors (Lipinski definition) is 0. The molecule has 2 heteroatoms. The van der Waals surface area contributed by atoms with Crippen molar-refractivity contribution >= 4 is 32.3 Å². The van der Waals surface area contributed by atoms with Crippen LogP contribution in [0.1, 0.15) is 0 Å². The molecule has 278 valence electrons. The molecule has 0 atom stereocenters. The molecule has 0 aliphatic heterocycles. The van der Waals surface area contributed by atoms with Gasteiger partial charge in [-0.15, -0.1) is 0 Å². The van der Waals surface area contributed by atoms with E-state index in [1.807, 2.05) is 18.2 Å². The molecular weight excluding hydrogens is 725 g/mol. The van der Waals surface area contributed by atoms with Crippen molar-refractivity contribution in [1.29, 1.82) is 0 Å². The molecule has 1 aliphatic rings. The van der Waals surface area contributed by atoms with Gasteiger partial charge in [-0.1, -0.05) is 206 Å². The predicted octanol–water partition coefficient (Wildman–Crippen LogP) is 15.6. The van der Waals surface area contributed by atoms with Crippen LogP contribution in [0.15, 0.2) is 218 Å². The van der Waals surface area contributed by atoms with E-state index in [9.17, 15) is 0 Å². The molecule has 11 aromatic rings. The fourth-order valence-electron chi connectivity index (χ4n) is 9.33. The molecule has 0 radical (unpaired) electrons. The number of aromatic nitrogens is 2. The zero-order valence-corrected chi connectivity index (χ0v) is 32.7. The van der Waals surface area contributed by atoms with E-state index in [1.165, 1.54) is 82.4 Å². The van der Waals surface area contributed by atoms with Gasteiger partial charge < -0.3 is 0 Å². The summed E-state index contributed by atoms with van der Waals surface area (Å²) in [6, 6.07) is 78.8. The number of nitrogens with zero attached hydrogens (tertiary/aromatic N) is 2. The molecule has 60 heavy (non-hydrogen) atoms. The van der Waals surface area contributed by atoms with Crippen molar-refractivity contribution in [2.24, 2.45) is 0 Å². The number of benzene rings is 10. The molecule has 12 rings (SSSR count). The zero-order chi connectivity index (χ0) is 39.6. The second-order valence-electron chi connectivity index (χ2n) is 15.7. The molecule has 0 bridgehead atoms. The minimum absolute atomic E-state index is 0.711. The van der Waals surface area contributed by atoms with Crippen molar-refractivity contribution in [3.8, 4) is 89.5 Å². The van der Waals surface area contributed by atoms with Gasteiger partial charge >= 0.3 is 0 Å². The standard InChI is InChI=1S/C58H36N2/c1-2-13-43(14-3-1)58-59-54(36-55(60-58)45-30-21-37-11-4-5-15-44(37)35-45)41-26-22-40(23-27-41)48-32-31-38-12-6-7-16-47(38)56(48)42-28-24-39(25-29-42)46-33-34-53-50-18-9-8-17-49(50)52-20-10-19-51(46)57(52)53/h1-36H. The average molecular weight is 761 g/mol. The number of fused-ring (bicyclic) bond motifs is 5. The summed E-state index contributed by atoms with van der Waals surface area (Å²) in [4.78, 5) is 10.2. The maximum Gasteiger partial charge on any atom is 0.160 e. The summed E-state index contributed by atoms with van der Waals surface area (Å²) < 4.78 is 0. The van der Waals surface area contributed by atoms with Crippen molar-refractivity contribution in [3.63, 3.8) is 0 Å². The van der Waals surface area contributed by atoms with E-state index in [0.29, 0.717) is 5.82 Å². The van der Waals surface area contributed by atoms with E-state index < -0.39 is 0 Å². The molecular formula is C58H36N2. The van der Waals surface area contributed by atoms with Gasteiger partial charge in [0.15, 0.2) is 5.82 Å². The quantitative estimate of drug-likeness (QED) is 0.169. The van der Waals surface area contributed by atoms with Gasteiger partial charge in [0.2, 0.25) is 0 Å². The molecule has 0 saturated heterocycles. The minimum atomic E-state index is 0.711. The Hall–Kier alpha value is -7.94. The summed E-state index contributed by atoms with van der Waals surface area (Å²) >= 11 is 0. The Balaban J connectivity index is 0.937. The highest BCUT2D eigenvalue weighted by molar-refractivity contribution is 6.18. The van der Waals surface area contributed by atoms with E-state index in [0.717, 1.165) is 33.6 Å². The summed E-state index contributed by atoms with van der Waals surface area (Å²) in [6.07, 6.45) is 0. The molecule has 0 amide bonds. The van der Waals surface area contributed by atoms with Crippen LogP contribution in [0, 0.1) is 0 Å². The van der Waals surface area contributed by atoms with Gasteiger partial charge in [-0.3, -0.25) is 0 Å². The lowest BCUT2D eigenvalue weighted by Gasteiger charge is -2.16. The third-order valence-corrected chi connectivity index (χ3v) is 12.3. The fourth-order valence-corrected chi connectivity index (χ4v) is 9.33.